The van der Waals surface area contributed by atoms with Crippen LogP contribution in [0.1, 0.15) is 62.6 Å². The largest absolute Gasteiger partial charge is 0.466 e. The second-order valence-corrected chi connectivity index (χ2v) is 14.7. The average molecular weight is 643 g/mol. The van der Waals surface area contributed by atoms with Crippen LogP contribution in [0.5, 0.6) is 0 Å². The number of rotatable bonds is 8. The summed E-state index contributed by atoms with van der Waals surface area (Å²) < 4.78 is 51.0. The van der Waals surface area contributed by atoms with E-state index in [2.05, 4.69) is 16.4 Å². The number of pyridine rings is 1. The molecule has 1 aromatic carbocycles. The Bertz CT molecular complexity index is 2100. The van der Waals surface area contributed by atoms with E-state index in [0.717, 1.165) is 65.5 Å². The zero-order chi connectivity index (χ0) is 31.7. The number of anilines is 1. The Hall–Kier alpha value is -4.32. The van der Waals surface area contributed by atoms with Gasteiger partial charge >= 0.3 is 5.97 Å². The third-order valence-corrected chi connectivity index (χ3v) is 11.7. The number of benzene rings is 1. The number of hydrogen-bond acceptors (Lipinski definition) is 8. The topological polar surface area (TPSA) is 120 Å². The van der Waals surface area contributed by atoms with Crippen molar-refractivity contribution < 1.29 is 22.3 Å². The molecule has 4 aromatic heterocycles. The van der Waals surface area contributed by atoms with Crippen molar-refractivity contribution >= 4 is 38.4 Å². The quantitative estimate of drug-likeness (QED) is 0.202. The molecule has 0 saturated heterocycles. The Morgan fingerprint density at radius 2 is 1.78 bits per heavy atom. The summed E-state index contributed by atoms with van der Waals surface area (Å²) in [5.41, 5.74) is 3.15. The number of esters is 1. The number of hydrogen-bond donors (Lipinski definition) is 1. The van der Waals surface area contributed by atoms with E-state index in [-0.39, 0.29) is 51.5 Å². The molecule has 0 radical (unpaired) electrons. The number of ether oxygens (including phenoxy) is 1. The van der Waals surface area contributed by atoms with Crippen molar-refractivity contribution in [2.24, 2.45) is 17.8 Å². The lowest BCUT2D eigenvalue weighted by atomic mass is 9.61. The first-order chi connectivity index (χ1) is 22.2. The molecule has 10 nitrogen and oxygen atoms in total. The Morgan fingerprint density at radius 1 is 1.04 bits per heavy atom. The third-order valence-electron chi connectivity index (χ3n) is 10.0. The molecule has 0 unspecified atom stereocenters. The second kappa shape index (κ2) is 10.9. The fraction of sp³-hybridized carbons (Fsp3) is 0.412. The molecule has 12 heteroatoms. The number of carbonyl (C=O) groups excluding carboxylic acids is 1. The van der Waals surface area contributed by atoms with Gasteiger partial charge in [0.25, 0.3) is 10.0 Å². The highest BCUT2D eigenvalue weighted by atomic mass is 32.2. The summed E-state index contributed by atoms with van der Waals surface area (Å²) in [5, 5.41) is 8.87. The molecule has 0 spiro atoms. The summed E-state index contributed by atoms with van der Waals surface area (Å²) in [5.74, 6) is 0.602. The van der Waals surface area contributed by atoms with Gasteiger partial charge in [-0.3, -0.25) is 4.79 Å². The molecule has 2 atom stereocenters. The molecule has 5 aromatic rings. The Balaban J connectivity index is 1.30. The zero-order valence-corrected chi connectivity index (χ0v) is 26.5. The van der Waals surface area contributed by atoms with Crippen LogP contribution in [0.3, 0.4) is 0 Å². The maximum atomic E-state index is 14.7. The molecule has 4 fully saturated rings. The standard InChI is InChI=1S/C34H35FN6O4S/c1-3-45-34(42)29-21-8-10-22(11-9-21)30(29)37-32-28-15-14-27(20-6-7-20)41(28)39-31(38-32)26-18-40(33-25(26)16-23(35)17-36-33)46(43,44)24-12-4-19(2)5-13-24/h4-5,12-18,20-22,29-30H,3,6-11H2,1-2H3,(H,37,38,39)/t21-,22+,29-,30-/m0/s1. The normalized spacial score (nSPS) is 22.8. The number of halogens is 1. The molecule has 0 amide bonds. The molecule has 46 heavy (non-hydrogen) atoms. The molecule has 9 rings (SSSR count). The van der Waals surface area contributed by atoms with Crippen molar-refractivity contribution in [1.82, 2.24) is 23.6 Å². The summed E-state index contributed by atoms with van der Waals surface area (Å²) in [6.45, 7) is 4.04. The lowest BCUT2D eigenvalue weighted by molar-refractivity contribution is -0.154. The number of fused-ring (bicyclic) bond motifs is 5. The third kappa shape index (κ3) is 4.76. The monoisotopic (exact) mass is 642 g/mol. The first kappa shape index (κ1) is 29.1. The maximum Gasteiger partial charge on any atom is 0.311 e. The SMILES string of the molecule is CCOC(=O)[C@H]1[C@H]2CC[C@H](CC2)[C@@H]1Nc1nc(-c2cn(S(=O)(=O)c3ccc(C)cc3)c3ncc(F)cc23)nn2c(C3CC3)ccc12. The van der Waals surface area contributed by atoms with E-state index in [1.165, 1.54) is 12.3 Å². The minimum absolute atomic E-state index is 0.0806. The molecular weight excluding hydrogens is 607 g/mol. The van der Waals surface area contributed by atoms with Crippen molar-refractivity contribution in [3.63, 3.8) is 0 Å². The number of aromatic nitrogens is 5. The van der Waals surface area contributed by atoms with E-state index in [9.17, 15) is 17.6 Å². The number of aryl methyl sites for hydroxylation is 1. The predicted octanol–water partition coefficient (Wildman–Crippen LogP) is 6.09. The Labute approximate surface area is 266 Å². The van der Waals surface area contributed by atoms with E-state index < -0.39 is 15.8 Å². The van der Waals surface area contributed by atoms with Crippen LogP contribution in [-0.4, -0.2) is 50.6 Å². The van der Waals surface area contributed by atoms with E-state index in [4.69, 9.17) is 14.8 Å². The van der Waals surface area contributed by atoms with Crippen molar-refractivity contribution in [2.45, 2.75) is 69.2 Å². The van der Waals surface area contributed by atoms with Crippen LogP contribution < -0.4 is 5.32 Å². The van der Waals surface area contributed by atoms with Gasteiger partial charge in [-0.1, -0.05) is 17.7 Å². The molecule has 4 heterocycles. The average Bonchev–Trinajstić information content (AvgIpc) is 3.68. The van der Waals surface area contributed by atoms with Gasteiger partial charge in [-0.2, -0.15) is 0 Å². The second-order valence-electron chi connectivity index (χ2n) is 12.9. The highest BCUT2D eigenvalue weighted by Gasteiger charge is 2.48. The van der Waals surface area contributed by atoms with Crippen molar-refractivity contribution in [1.29, 1.82) is 0 Å². The predicted molar refractivity (Wildman–Crippen MR) is 170 cm³/mol. The van der Waals surface area contributed by atoms with Crippen LogP contribution in [0.2, 0.25) is 0 Å². The minimum atomic E-state index is -4.08. The smallest absolute Gasteiger partial charge is 0.311 e. The molecule has 4 saturated carbocycles. The molecule has 4 aliphatic rings. The number of nitrogens with one attached hydrogen (secondary N) is 1. The van der Waals surface area contributed by atoms with E-state index >= 15 is 0 Å². The maximum absolute atomic E-state index is 14.7. The van der Waals surface area contributed by atoms with Gasteiger partial charge in [0.15, 0.2) is 17.3 Å². The zero-order valence-electron chi connectivity index (χ0n) is 25.7. The minimum Gasteiger partial charge on any atom is -0.466 e. The van der Waals surface area contributed by atoms with Crippen LogP contribution >= 0.6 is 0 Å². The first-order valence-electron chi connectivity index (χ1n) is 16.0. The lowest BCUT2D eigenvalue weighted by Gasteiger charge is -2.47. The molecule has 4 aliphatic carbocycles. The van der Waals surface area contributed by atoms with Gasteiger partial charge in [0.05, 0.1) is 23.6 Å². The lowest BCUT2D eigenvalue weighted by Crippen LogP contribution is -2.52. The van der Waals surface area contributed by atoms with Crippen molar-refractivity contribution in [3.8, 4) is 11.4 Å². The fourth-order valence-corrected chi connectivity index (χ4v) is 8.88. The van der Waals surface area contributed by atoms with Gasteiger partial charge < -0.3 is 10.1 Å². The molecule has 238 valence electrons. The van der Waals surface area contributed by atoms with Crippen molar-refractivity contribution in [2.75, 3.05) is 11.9 Å². The van der Waals surface area contributed by atoms with Gasteiger partial charge in [-0.15, -0.1) is 5.10 Å². The molecule has 0 aliphatic heterocycles. The van der Waals surface area contributed by atoms with Crippen LogP contribution in [0, 0.1) is 30.5 Å². The van der Waals surface area contributed by atoms with Crippen LogP contribution in [0.4, 0.5) is 10.2 Å². The Morgan fingerprint density at radius 3 is 2.50 bits per heavy atom. The van der Waals surface area contributed by atoms with Crippen LogP contribution in [0.25, 0.3) is 27.9 Å². The number of carbonyl (C=O) groups is 1. The summed E-state index contributed by atoms with van der Waals surface area (Å²) >= 11 is 0. The van der Waals surface area contributed by atoms with Crippen molar-refractivity contribution in [3.05, 3.63) is 71.9 Å². The van der Waals surface area contributed by atoms with E-state index in [1.807, 2.05) is 24.4 Å². The highest BCUT2D eigenvalue weighted by molar-refractivity contribution is 7.90. The summed E-state index contributed by atoms with van der Waals surface area (Å²) in [4.78, 5) is 22.5. The van der Waals surface area contributed by atoms with Crippen LogP contribution in [0.15, 0.2) is 59.8 Å². The summed E-state index contributed by atoms with van der Waals surface area (Å²) in [6, 6.07) is 11.7. The van der Waals surface area contributed by atoms with E-state index in [1.54, 1.807) is 24.3 Å². The fourth-order valence-electron chi connectivity index (χ4n) is 7.56. The van der Waals surface area contributed by atoms with Gasteiger partial charge in [0, 0.05) is 34.8 Å². The number of nitrogens with zero attached hydrogens (tertiary/aromatic N) is 5. The van der Waals surface area contributed by atoms with Gasteiger partial charge in [-0.25, -0.2) is 31.3 Å². The van der Waals surface area contributed by atoms with E-state index in [0.29, 0.717) is 23.9 Å². The molecule has 1 N–H and O–H groups in total. The summed E-state index contributed by atoms with van der Waals surface area (Å²) in [7, 11) is -4.08. The molecular formula is C34H35FN6O4S. The van der Waals surface area contributed by atoms with Crippen LogP contribution in [-0.2, 0) is 19.6 Å². The summed E-state index contributed by atoms with van der Waals surface area (Å²) in [6.07, 6.45) is 8.59. The first-order valence-corrected chi connectivity index (χ1v) is 17.5. The highest BCUT2D eigenvalue weighted by Crippen LogP contribution is 2.47. The van der Waals surface area contributed by atoms with Gasteiger partial charge in [0.2, 0.25) is 0 Å². The van der Waals surface area contributed by atoms with Gasteiger partial charge in [-0.05, 0) is 94.5 Å². The van der Waals surface area contributed by atoms with Gasteiger partial charge in [0.1, 0.15) is 11.3 Å². The molecule has 2 bridgehead atoms. The Kier molecular flexibility index (Phi) is 6.89.